The smallest absolute Gasteiger partial charge is 0.322 e. The Labute approximate surface area is 39.8 Å². The maximum atomic E-state index is 10.0. The predicted molar refractivity (Wildman–Crippen MR) is 21.7 cm³/mol. The molecule has 1 saturated heterocycles. The van der Waals surface area contributed by atoms with Gasteiger partial charge in [0, 0.05) is 0 Å². The Morgan fingerprint density at radius 2 is 2.57 bits per heavy atom. The normalized spacial score (nSPS) is 20.1. The van der Waals surface area contributed by atoms with E-state index in [0.717, 1.165) is 0 Å². The highest BCUT2D eigenvalue weighted by Crippen LogP contribution is 1.85. The van der Waals surface area contributed by atoms with Crippen LogP contribution in [0.5, 0.6) is 0 Å². The first kappa shape index (κ1) is 4.35. The van der Waals surface area contributed by atoms with Crippen LogP contribution in [0.15, 0.2) is 0 Å². The average Bonchev–Trinajstić information content (AvgIpc) is 1.91. The van der Waals surface area contributed by atoms with Gasteiger partial charge in [0.05, 0.1) is 6.67 Å². The Balaban J connectivity index is 2.48. The molecule has 7 heavy (non-hydrogen) atoms. The van der Waals surface area contributed by atoms with E-state index in [1.807, 2.05) is 0 Å². The minimum absolute atomic E-state index is 0.0405. The van der Waals surface area contributed by atoms with Crippen molar-refractivity contribution in [1.29, 1.82) is 0 Å². The lowest BCUT2D eigenvalue weighted by atomic mass is 11.0. The molecule has 2 amide bonds. The fourth-order valence-corrected chi connectivity index (χ4v) is 0.321. The minimum Gasteiger partial charge on any atom is -0.754 e. The molecule has 40 valence electrons. The lowest BCUT2D eigenvalue weighted by Gasteiger charge is -2.16. The first-order chi connectivity index (χ1) is 3.30. The van der Waals surface area contributed by atoms with Crippen molar-refractivity contribution in [2.75, 3.05) is 6.67 Å². The van der Waals surface area contributed by atoms with Crippen LogP contribution in [0.1, 0.15) is 0 Å². The molecule has 0 aromatic heterocycles. The van der Waals surface area contributed by atoms with Gasteiger partial charge in [0.2, 0.25) is 0 Å². The zero-order valence-electron chi connectivity index (χ0n) is 3.47. The molecule has 0 aliphatic carbocycles. The van der Waals surface area contributed by atoms with Crippen molar-refractivity contribution in [3.05, 3.63) is 5.21 Å². The van der Waals surface area contributed by atoms with Crippen LogP contribution < -0.4 is 10.9 Å². The van der Waals surface area contributed by atoms with Gasteiger partial charge in [-0.2, -0.15) is 0 Å². The van der Waals surface area contributed by atoms with E-state index < -0.39 is 6.03 Å². The molecule has 1 heterocycles. The van der Waals surface area contributed by atoms with Gasteiger partial charge in [0.15, 0.2) is 0 Å². The highest BCUT2D eigenvalue weighted by atomic mass is 16.5. The molecule has 0 unspecified atom stereocenters. The van der Waals surface area contributed by atoms with Crippen molar-refractivity contribution in [3.63, 3.8) is 0 Å². The van der Waals surface area contributed by atoms with E-state index in [2.05, 4.69) is 10.9 Å². The van der Waals surface area contributed by atoms with Gasteiger partial charge in [-0.25, -0.2) is 10.2 Å². The van der Waals surface area contributed by atoms with Crippen molar-refractivity contribution in [3.8, 4) is 0 Å². The zero-order valence-corrected chi connectivity index (χ0v) is 3.47. The van der Waals surface area contributed by atoms with E-state index in [4.69, 9.17) is 0 Å². The van der Waals surface area contributed by atoms with E-state index in [9.17, 15) is 10.0 Å². The van der Waals surface area contributed by atoms with Crippen LogP contribution in [0.2, 0.25) is 0 Å². The van der Waals surface area contributed by atoms with Crippen molar-refractivity contribution < 1.29 is 4.79 Å². The molecule has 5 heteroatoms. The molecule has 1 aliphatic rings. The van der Waals surface area contributed by atoms with Gasteiger partial charge < -0.3 is 10.3 Å². The molecule has 1 aliphatic heterocycles. The quantitative estimate of drug-likeness (QED) is 0.411. The molecule has 1 rings (SSSR count). The Morgan fingerprint density at radius 1 is 1.86 bits per heavy atom. The zero-order chi connectivity index (χ0) is 5.28. The number of hydrogen-bond donors (Lipinski definition) is 2. The topological polar surface area (TPSA) is 67.4 Å². The molecule has 2 N–H and O–H groups in total. The van der Waals surface area contributed by atoms with Crippen LogP contribution >= 0.6 is 0 Å². The summed E-state index contributed by atoms with van der Waals surface area (Å²) in [5, 5.41) is 10.3. The molecular weight excluding hydrogens is 98.0 g/mol. The van der Waals surface area contributed by atoms with E-state index >= 15 is 0 Å². The summed E-state index contributed by atoms with van der Waals surface area (Å²) in [7, 11) is 0. The monoisotopic (exact) mass is 102 g/mol. The first-order valence-corrected chi connectivity index (χ1v) is 1.78. The third kappa shape index (κ3) is 0.625. The van der Waals surface area contributed by atoms with E-state index in [-0.39, 0.29) is 6.67 Å². The van der Waals surface area contributed by atoms with E-state index in [1.54, 1.807) is 0 Å². The number of carbonyl (C=O) groups is 1. The molecule has 1 fully saturated rings. The molecule has 0 spiro atoms. The Morgan fingerprint density at radius 3 is 2.71 bits per heavy atom. The molecule has 0 bridgehead atoms. The Hall–Kier alpha value is -0.810. The van der Waals surface area contributed by atoms with Crippen molar-refractivity contribution >= 4 is 6.03 Å². The van der Waals surface area contributed by atoms with Crippen LogP contribution in [0, 0.1) is 5.21 Å². The molecular formula is C2H4N3O2-. The van der Waals surface area contributed by atoms with Crippen LogP contribution in [0.3, 0.4) is 0 Å². The molecule has 0 aromatic rings. The number of carbonyl (C=O) groups excluding carboxylic acids is 1. The molecule has 5 nitrogen and oxygen atoms in total. The fourth-order valence-electron chi connectivity index (χ4n) is 0.321. The fraction of sp³-hybridized carbons (Fsp3) is 0.500. The number of rotatable bonds is 0. The largest absolute Gasteiger partial charge is 0.754 e. The van der Waals surface area contributed by atoms with Gasteiger partial charge in [0.1, 0.15) is 0 Å². The van der Waals surface area contributed by atoms with Gasteiger partial charge in [-0.3, -0.25) is 5.43 Å². The predicted octanol–water partition coefficient (Wildman–Crippen LogP) is -1.03. The van der Waals surface area contributed by atoms with E-state index in [1.165, 1.54) is 0 Å². The summed E-state index contributed by atoms with van der Waals surface area (Å²) in [5.41, 5.74) is 4.43. The summed E-state index contributed by atoms with van der Waals surface area (Å²) in [4.78, 5) is 10.0. The maximum absolute atomic E-state index is 10.0. The molecule has 0 atom stereocenters. The second kappa shape index (κ2) is 1.36. The standard InChI is InChI=1S/C2H4N3O2/c6-2-4-3-1-5(2)7/h3H,1H2,(H,4,6)/q-1. The molecule has 0 radical (unpaired) electrons. The van der Waals surface area contributed by atoms with Gasteiger partial charge in [-0.1, -0.05) is 0 Å². The second-order valence-electron chi connectivity index (χ2n) is 1.14. The number of hydrogen-bond acceptors (Lipinski definition) is 3. The lowest BCUT2D eigenvalue weighted by molar-refractivity contribution is 0.230. The summed E-state index contributed by atoms with van der Waals surface area (Å²) in [6.45, 7) is 0.0405. The van der Waals surface area contributed by atoms with Crippen molar-refractivity contribution in [2.24, 2.45) is 0 Å². The number of nitrogens with one attached hydrogen (secondary N) is 2. The summed E-state index contributed by atoms with van der Waals surface area (Å²) in [6, 6.07) is -0.625. The minimum atomic E-state index is -0.625. The Kier molecular flexibility index (Phi) is 0.844. The SMILES string of the molecule is O=C1NNCN1[O-]. The second-order valence-corrected chi connectivity index (χ2v) is 1.14. The highest BCUT2D eigenvalue weighted by molar-refractivity contribution is 5.75. The van der Waals surface area contributed by atoms with Gasteiger partial charge >= 0.3 is 6.03 Å². The number of amides is 2. The van der Waals surface area contributed by atoms with E-state index in [0.29, 0.717) is 5.06 Å². The van der Waals surface area contributed by atoms with Crippen LogP contribution in [-0.4, -0.2) is 17.8 Å². The van der Waals surface area contributed by atoms with Gasteiger partial charge in [-0.15, -0.1) is 0 Å². The van der Waals surface area contributed by atoms with Crippen LogP contribution in [0.25, 0.3) is 0 Å². The van der Waals surface area contributed by atoms with Crippen LogP contribution in [0.4, 0.5) is 4.79 Å². The van der Waals surface area contributed by atoms with Gasteiger partial charge in [0.25, 0.3) is 0 Å². The van der Waals surface area contributed by atoms with Gasteiger partial charge in [-0.05, 0) is 0 Å². The summed E-state index contributed by atoms with van der Waals surface area (Å²) < 4.78 is 0. The van der Waals surface area contributed by atoms with Crippen LogP contribution in [-0.2, 0) is 0 Å². The number of urea groups is 1. The molecule has 0 aromatic carbocycles. The summed E-state index contributed by atoms with van der Waals surface area (Å²) >= 11 is 0. The third-order valence-electron chi connectivity index (χ3n) is 0.645. The summed E-state index contributed by atoms with van der Waals surface area (Å²) in [5.74, 6) is 0. The first-order valence-electron chi connectivity index (χ1n) is 1.78. The Bertz CT molecular complexity index is 92.9. The van der Waals surface area contributed by atoms with Crippen molar-refractivity contribution in [2.45, 2.75) is 0 Å². The highest BCUT2D eigenvalue weighted by Gasteiger charge is 2.07. The number of nitrogens with zero attached hydrogens (tertiary/aromatic N) is 1. The maximum Gasteiger partial charge on any atom is 0.322 e. The average molecular weight is 102 g/mol. The lowest BCUT2D eigenvalue weighted by Crippen LogP contribution is -2.25. The molecule has 0 saturated carbocycles. The van der Waals surface area contributed by atoms with Crippen molar-refractivity contribution in [1.82, 2.24) is 15.9 Å². The third-order valence-corrected chi connectivity index (χ3v) is 0.645. The summed E-state index contributed by atoms with van der Waals surface area (Å²) in [6.07, 6.45) is 0. The number of hydrazine groups is 1. The number of hydroxylamine groups is 2.